The number of aliphatic hydroxyl groups is 1. The molecule has 13 heavy (non-hydrogen) atoms. The van der Waals surface area contributed by atoms with E-state index in [0.717, 1.165) is 5.56 Å². The zero-order chi connectivity index (χ0) is 9.84. The van der Waals surface area contributed by atoms with Crippen LogP contribution >= 0.6 is 0 Å². The van der Waals surface area contributed by atoms with Crippen LogP contribution in [0.1, 0.15) is 25.5 Å². The zero-order valence-corrected chi connectivity index (χ0v) is 7.65. The Bertz CT molecular complexity index is 305. The first-order chi connectivity index (χ1) is 6.09. The highest BCUT2D eigenvalue weighted by Gasteiger charge is 2.03. The van der Waals surface area contributed by atoms with Gasteiger partial charge in [-0.25, -0.2) is 0 Å². The van der Waals surface area contributed by atoms with E-state index in [1.807, 2.05) is 0 Å². The lowest BCUT2D eigenvalue weighted by Crippen LogP contribution is -2.02. The van der Waals surface area contributed by atoms with Crippen LogP contribution in [0.25, 0.3) is 0 Å². The van der Waals surface area contributed by atoms with Crippen LogP contribution in [-0.2, 0) is 4.79 Å². The Morgan fingerprint density at radius 2 is 2.23 bits per heavy atom. The SMILES string of the molecule is CC(=O)Oc1cccc([C@H](C)O)c1. The van der Waals surface area contributed by atoms with Crippen molar-refractivity contribution in [2.45, 2.75) is 20.0 Å². The summed E-state index contributed by atoms with van der Waals surface area (Å²) in [5.41, 5.74) is 0.735. The molecule has 3 heteroatoms. The topological polar surface area (TPSA) is 46.5 Å². The van der Waals surface area contributed by atoms with Crippen LogP contribution < -0.4 is 4.74 Å². The average Bonchev–Trinajstić information content (AvgIpc) is 2.03. The van der Waals surface area contributed by atoms with Crippen molar-refractivity contribution in [1.29, 1.82) is 0 Å². The predicted octanol–water partition coefficient (Wildman–Crippen LogP) is 1.67. The standard InChI is InChI=1S/C10H12O3/c1-7(11)9-4-3-5-10(6-9)13-8(2)12/h3-7,11H,1-2H3/t7-/m0/s1. The van der Waals surface area contributed by atoms with Crippen molar-refractivity contribution in [3.8, 4) is 5.75 Å². The summed E-state index contributed by atoms with van der Waals surface area (Å²) in [7, 11) is 0. The summed E-state index contributed by atoms with van der Waals surface area (Å²) < 4.78 is 4.86. The minimum atomic E-state index is -0.546. The molecule has 0 amide bonds. The largest absolute Gasteiger partial charge is 0.427 e. The Kier molecular flexibility index (Phi) is 3.03. The number of rotatable bonds is 2. The third-order valence-corrected chi connectivity index (χ3v) is 1.60. The summed E-state index contributed by atoms with van der Waals surface area (Å²) in [4.78, 5) is 10.6. The van der Waals surface area contributed by atoms with Crippen molar-refractivity contribution in [2.24, 2.45) is 0 Å². The van der Waals surface area contributed by atoms with Crippen LogP contribution in [0.2, 0.25) is 0 Å². The molecular weight excluding hydrogens is 168 g/mol. The number of carbonyl (C=O) groups excluding carboxylic acids is 1. The van der Waals surface area contributed by atoms with Crippen molar-refractivity contribution in [1.82, 2.24) is 0 Å². The van der Waals surface area contributed by atoms with Gasteiger partial charge in [-0.3, -0.25) is 4.79 Å². The predicted molar refractivity (Wildman–Crippen MR) is 48.4 cm³/mol. The molecule has 1 rings (SSSR count). The Hall–Kier alpha value is -1.35. The first-order valence-corrected chi connectivity index (χ1v) is 4.06. The summed E-state index contributed by atoms with van der Waals surface area (Å²) in [5, 5.41) is 9.24. The van der Waals surface area contributed by atoms with E-state index in [-0.39, 0.29) is 5.97 Å². The molecule has 1 N–H and O–H groups in total. The maximum Gasteiger partial charge on any atom is 0.308 e. The van der Waals surface area contributed by atoms with Crippen molar-refractivity contribution >= 4 is 5.97 Å². The van der Waals surface area contributed by atoms with Gasteiger partial charge in [0.25, 0.3) is 0 Å². The second kappa shape index (κ2) is 4.05. The molecule has 1 aromatic carbocycles. The summed E-state index contributed by atoms with van der Waals surface area (Å²) in [5.74, 6) is 0.105. The van der Waals surface area contributed by atoms with Gasteiger partial charge < -0.3 is 9.84 Å². The van der Waals surface area contributed by atoms with Crippen LogP contribution in [0, 0.1) is 0 Å². The van der Waals surface area contributed by atoms with Crippen molar-refractivity contribution in [3.63, 3.8) is 0 Å². The molecule has 0 unspecified atom stereocenters. The Balaban J connectivity index is 2.85. The van der Waals surface area contributed by atoms with Gasteiger partial charge in [0.15, 0.2) is 0 Å². The first kappa shape index (κ1) is 9.74. The number of hydrogen-bond acceptors (Lipinski definition) is 3. The molecular formula is C10H12O3. The molecule has 0 bridgehead atoms. The molecule has 0 aliphatic rings. The normalized spacial score (nSPS) is 12.2. The molecule has 0 aliphatic heterocycles. The molecule has 0 saturated heterocycles. The highest BCUT2D eigenvalue weighted by molar-refractivity contribution is 5.69. The smallest absolute Gasteiger partial charge is 0.308 e. The number of esters is 1. The summed E-state index contributed by atoms with van der Waals surface area (Å²) in [6, 6.07) is 6.83. The van der Waals surface area contributed by atoms with E-state index in [1.54, 1.807) is 31.2 Å². The van der Waals surface area contributed by atoms with Crippen molar-refractivity contribution in [2.75, 3.05) is 0 Å². The molecule has 0 radical (unpaired) electrons. The molecule has 0 fully saturated rings. The molecule has 3 nitrogen and oxygen atoms in total. The van der Waals surface area contributed by atoms with Crippen LogP contribution in [0.3, 0.4) is 0 Å². The van der Waals surface area contributed by atoms with E-state index in [2.05, 4.69) is 0 Å². The van der Waals surface area contributed by atoms with E-state index in [4.69, 9.17) is 4.74 Å². The lowest BCUT2D eigenvalue weighted by atomic mass is 10.1. The van der Waals surface area contributed by atoms with Gasteiger partial charge >= 0.3 is 5.97 Å². The fourth-order valence-corrected chi connectivity index (χ4v) is 1.00. The fourth-order valence-electron chi connectivity index (χ4n) is 1.00. The Labute approximate surface area is 77.0 Å². The van der Waals surface area contributed by atoms with Crippen molar-refractivity contribution in [3.05, 3.63) is 29.8 Å². The van der Waals surface area contributed by atoms with Crippen LogP contribution in [0.5, 0.6) is 5.75 Å². The number of hydrogen-bond donors (Lipinski definition) is 1. The molecule has 0 saturated carbocycles. The van der Waals surface area contributed by atoms with Crippen molar-refractivity contribution < 1.29 is 14.6 Å². The van der Waals surface area contributed by atoms with Gasteiger partial charge in [-0.05, 0) is 24.6 Å². The zero-order valence-electron chi connectivity index (χ0n) is 7.65. The quantitative estimate of drug-likeness (QED) is 0.556. The summed E-state index contributed by atoms with van der Waals surface area (Å²) in [6.45, 7) is 3.00. The van der Waals surface area contributed by atoms with Gasteiger partial charge in [0, 0.05) is 6.92 Å². The molecule has 1 atom stereocenters. The summed E-state index contributed by atoms with van der Waals surface area (Å²) in [6.07, 6.45) is -0.546. The highest BCUT2D eigenvalue weighted by atomic mass is 16.5. The monoisotopic (exact) mass is 180 g/mol. The molecule has 0 aliphatic carbocycles. The van der Waals surface area contributed by atoms with E-state index in [0.29, 0.717) is 5.75 Å². The Morgan fingerprint density at radius 1 is 1.54 bits per heavy atom. The lowest BCUT2D eigenvalue weighted by molar-refractivity contribution is -0.131. The molecule has 0 spiro atoms. The van der Waals surface area contributed by atoms with E-state index in [1.165, 1.54) is 6.92 Å². The van der Waals surface area contributed by atoms with Gasteiger partial charge in [0.05, 0.1) is 6.10 Å². The van der Waals surface area contributed by atoms with Gasteiger partial charge in [-0.15, -0.1) is 0 Å². The molecule has 70 valence electrons. The van der Waals surface area contributed by atoms with Crippen LogP contribution in [0.4, 0.5) is 0 Å². The number of ether oxygens (including phenoxy) is 1. The number of aliphatic hydroxyl groups excluding tert-OH is 1. The van der Waals surface area contributed by atoms with Gasteiger partial charge in [-0.1, -0.05) is 12.1 Å². The van der Waals surface area contributed by atoms with E-state index in [9.17, 15) is 9.90 Å². The maximum absolute atomic E-state index is 10.6. The van der Waals surface area contributed by atoms with Crippen LogP contribution in [-0.4, -0.2) is 11.1 Å². The number of carbonyl (C=O) groups is 1. The Morgan fingerprint density at radius 3 is 2.77 bits per heavy atom. The highest BCUT2D eigenvalue weighted by Crippen LogP contribution is 2.18. The van der Waals surface area contributed by atoms with Crippen LogP contribution in [0.15, 0.2) is 24.3 Å². The second-order valence-electron chi connectivity index (χ2n) is 2.84. The third-order valence-electron chi connectivity index (χ3n) is 1.60. The minimum absolute atomic E-state index is 0.359. The van der Waals surface area contributed by atoms with E-state index < -0.39 is 6.10 Å². The second-order valence-corrected chi connectivity index (χ2v) is 2.84. The first-order valence-electron chi connectivity index (χ1n) is 4.06. The number of benzene rings is 1. The fraction of sp³-hybridized carbons (Fsp3) is 0.300. The van der Waals surface area contributed by atoms with Gasteiger partial charge in [0.2, 0.25) is 0 Å². The van der Waals surface area contributed by atoms with Gasteiger partial charge in [0.1, 0.15) is 5.75 Å². The third kappa shape index (κ3) is 2.87. The van der Waals surface area contributed by atoms with E-state index >= 15 is 0 Å². The molecule has 0 heterocycles. The molecule has 1 aromatic rings. The molecule has 0 aromatic heterocycles. The maximum atomic E-state index is 10.6. The average molecular weight is 180 g/mol. The van der Waals surface area contributed by atoms with Gasteiger partial charge in [-0.2, -0.15) is 0 Å². The lowest BCUT2D eigenvalue weighted by Gasteiger charge is -2.06. The minimum Gasteiger partial charge on any atom is -0.427 e. The summed E-state index contributed by atoms with van der Waals surface area (Å²) >= 11 is 0.